The molecule has 0 aliphatic carbocycles. The van der Waals surface area contributed by atoms with Crippen molar-refractivity contribution in [2.24, 2.45) is 10.8 Å². The Morgan fingerprint density at radius 1 is 1.38 bits per heavy atom. The molecule has 0 saturated carbocycles. The number of aliphatic carboxylic acids is 2. The van der Waals surface area contributed by atoms with Crippen LogP contribution in [0.1, 0.15) is 12.8 Å². The summed E-state index contributed by atoms with van der Waals surface area (Å²) in [5.41, 5.74) is 6.24. The van der Waals surface area contributed by atoms with Crippen molar-refractivity contribution in [3.05, 3.63) is 28.7 Å². The van der Waals surface area contributed by atoms with E-state index in [2.05, 4.69) is 21.0 Å². The van der Waals surface area contributed by atoms with Crippen molar-refractivity contribution in [3.8, 4) is 0 Å². The van der Waals surface area contributed by atoms with Gasteiger partial charge >= 0.3 is 11.9 Å². The molecule has 0 radical (unpaired) electrons. The van der Waals surface area contributed by atoms with Crippen LogP contribution in [-0.4, -0.2) is 39.9 Å². The summed E-state index contributed by atoms with van der Waals surface area (Å²) in [6.45, 7) is 0. The molecule has 0 bridgehead atoms. The molecule has 1 heterocycles. The van der Waals surface area contributed by atoms with Crippen LogP contribution in [-0.2, 0) is 9.59 Å². The van der Waals surface area contributed by atoms with E-state index in [1.165, 1.54) is 5.01 Å². The molecular formula is C13H14BrN3O4. The number of hydrogen-bond acceptors (Lipinski definition) is 5. The monoisotopic (exact) mass is 355 g/mol. The van der Waals surface area contributed by atoms with Gasteiger partial charge in [-0.1, -0.05) is 15.9 Å². The summed E-state index contributed by atoms with van der Waals surface area (Å²) in [4.78, 5) is 22.0. The highest BCUT2D eigenvalue weighted by Gasteiger charge is 2.33. The first-order valence-electron chi connectivity index (χ1n) is 6.22. The molecule has 8 heteroatoms. The van der Waals surface area contributed by atoms with Crippen molar-refractivity contribution in [2.45, 2.75) is 24.9 Å². The number of benzene rings is 1. The second-order valence-corrected chi connectivity index (χ2v) is 5.63. The van der Waals surface area contributed by atoms with Crippen molar-refractivity contribution in [2.75, 3.05) is 5.01 Å². The number of hydrogen-bond donors (Lipinski definition) is 3. The number of nitrogens with zero attached hydrogens (tertiary/aromatic N) is 2. The third-order valence-corrected chi connectivity index (χ3v) is 3.71. The number of halogens is 1. The minimum absolute atomic E-state index is 0.000470. The van der Waals surface area contributed by atoms with E-state index >= 15 is 0 Å². The van der Waals surface area contributed by atoms with Gasteiger partial charge in [0.15, 0.2) is 0 Å². The van der Waals surface area contributed by atoms with Crippen molar-refractivity contribution in [3.63, 3.8) is 0 Å². The van der Waals surface area contributed by atoms with E-state index in [1.807, 2.05) is 0 Å². The highest BCUT2D eigenvalue weighted by Crippen LogP contribution is 2.28. The third-order valence-electron chi connectivity index (χ3n) is 3.18. The lowest BCUT2D eigenvalue weighted by Crippen LogP contribution is -2.38. The summed E-state index contributed by atoms with van der Waals surface area (Å²) in [5, 5.41) is 23.6. The highest BCUT2D eigenvalue weighted by atomic mass is 79.9. The van der Waals surface area contributed by atoms with Gasteiger partial charge in [0, 0.05) is 10.9 Å². The predicted octanol–water partition coefficient (Wildman–Crippen LogP) is 1.27. The van der Waals surface area contributed by atoms with Crippen LogP contribution in [0.4, 0.5) is 5.69 Å². The Labute approximate surface area is 129 Å². The predicted molar refractivity (Wildman–Crippen MR) is 80.3 cm³/mol. The summed E-state index contributed by atoms with van der Waals surface area (Å²) < 4.78 is 0.881. The molecule has 21 heavy (non-hydrogen) atoms. The lowest BCUT2D eigenvalue weighted by atomic mass is 10.0. The van der Waals surface area contributed by atoms with Crippen LogP contribution in [0, 0.1) is 0 Å². The molecule has 1 aliphatic heterocycles. The summed E-state index contributed by atoms with van der Waals surface area (Å²) in [6, 6.07) is 5.71. The molecule has 1 aromatic carbocycles. The number of carboxylic acid groups (broad SMARTS) is 2. The molecule has 0 fully saturated rings. The lowest BCUT2D eigenvalue weighted by molar-refractivity contribution is -0.138. The van der Waals surface area contributed by atoms with Gasteiger partial charge in [-0.3, -0.25) is 9.80 Å². The Bertz CT molecular complexity index is 588. The molecule has 7 nitrogen and oxygen atoms in total. The van der Waals surface area contributed by atoms with Crippen molar-refractivity contribution >= 4 is 39.3 Å². The maximum atomic E-state index is 11.1. The molecular weight excluding hydrogens is 342 g/mol. The summed E-state index contributed by atoms with van der Waals surface area (Å²) >= 11 is 3.32. The van der Waals surface area contributed by atoms with Crippen LogP contribution in [0.15, 0.2) is 33.8 Å². The fourth-order valence-corrected chi connectivity index (χ4v) is 2.40. The normalized spacial score (nSPS) is 19.2. The molecule has 1 aliphatic rings. The Balaban J connectivity index is 2.25. The van der Waals surface area contributed by atoms with Gasteiger partial charge in [0.1, 0.15) is 11.8 Å². The van der Waals surface area contributed by atoms with Gasteiger partial charge in [-0.25, -0.2) is 4.79 Å². The molecule has 2 atom stereocenters. The first-order valence-corrected chi connectivity index (χ1v) is 7.01. The van der Waals surface area contributed by atoms with E-state index in [4.69, 9.17) is 15.9 Å². The summed E-state index contributed by atoms with van der Waals surface area (Å²) in [5.74, 6) is -2.22. The van der Waals surface area contributed by atoms with Crippen molar-refractivity contribution in [1.29, 1.82) is 0 Å². The molecule has 1 unspecified atom stereocenters. The van der Waals surface area contributed by atoms with Crippen LogP contribution in [0.2, 0.25) is 0 Å². The standard InChI is InChI=1S/C13H14BrN3O4/c14-7-1-3-8(4-2-7)17-9(5-10(15)12(18)19)6-11(16-17)13(20)21/h1-4,9-10H,5-6,15H2,(H,18,19)(H,20,21)/t9-,10?/m0/s1. The zero-order valence-corrected chi connectivity index (χ0v) is 12.5. The second kappa shape index (κ2) is 6.23. The highest BCUT2D eigenvalue weighted by molar-refractivity contribution is 9.10. The largest absolute Gasteiger partial charge is 0.480 e. The van der Waals surface area contributed by atoms with E-state index < -0.39 is 18.0 Å². The number of anilines is 1. The number of carbonyl (C=O) groups is 2. The fraction of sp³-hybridized carbons (Fsp3) is 0.308. The van der Waals surface area contributed by atoms with Crippen molar-refractivity contribution in [1.82, 2.24) is 0 Å². The van der Waals surface area contributed by atoms with Gasteiger partial charge in [0.05, 0.1) is 11.7 Å². The van der Waals surface area contributed by atoms with Crippen LogP contribution in [0.5, 0.6) is 0 Å². The Kier molecular flexibility index (Phi) is 4.59. The summed E-state index contributed by atoms with van der Waals surface area (Å²) in [6.07, 6.45) is 0.276. The summed E-state index contributed by atoms with van der Waals surface area (Å²) in [7, 11) is 0. The van der Waals surface area contributed by atoms with E-state index in [9.17, 15) is 9.59 Å². The smallest absolute Gasteiger partial charge is 0.352 e. The van der Waals surface area contributed by atoms with Crippen molar-refractivity contribution < 1.29 is 19.8 Å². The molecule has 0 aromatic heterocycles. The minimum atomic E-state index is -1.12. The van der Waals surface area contributed by atoms with Gasteiger partial charge in [-0.05, 0) is 30.7 Å². The average Bonchev–Trinajstić information content (AvgIpc) is 2.83. The van der Waals surface area contributed by atoms with Crippen LogP contribution >= 0.6 is 15.9 Å². The minimum Gasteiger partial charge on any atom is -0.480 e. The van der Waals surface area contributed by atoms with E-state index in [0.29, 0.717) is 5.69 Å². The average molecular weight is 356 g/mol. The lowest BCUT2D eigenvalue weighted by Gasteiger charge is -2.24. The second-order valence-electron chi connectivity index (χ2n) is 4.71. The molecule has 1 aromatic rings. The maximum Gasteiger partial charge on any atom is 0.352 e. The topological polar surface area (TPSA) is 116 Å². The van der Waals surface area contributed by atoms with Gasteiger partial charge in [0.25, 0.3) is 0 Å². The fourth-order valence-electron chi connectivity index (χ4n) is 2.13. The zero-order valence-electron chi connectivity index (χ0n) is 10.9. The molecule has 0 saturated heterocycles. The molecule has 0 spiro atoms. The van der Waals surface area contributed by atoms with E-state index in [0.717, 1.165) is 4.47 Å². The molecule has 4 N–H and O–H groups in total. The van der Waals surface area contributed by atoms with Crippen LogP contribution < -0.4 is 10.7 Å². The zero-order chi connectivity index (χ0) is 15.6. The SMILES string of the molecule is NC(C[C@H]1CC(C(=O)O)=NN1c1ccc(Br)cc1)C(=O)O. The van der Waals surface area contributed by atoms with E-state index in [-0.39, 0.29) is 24.6 Å². The third kappa shape index (κ3) is 3.59. The number of nitrogens with two attached hydrogens (primary N) is 1. The van der Waals surface area contributed by atoms with Gasteiger partial charge in [-0.15, -0.1) is 0 Å². The number of hydrazone groups is 1. The first kappa shape index (κ1) is 15.5. The van der Waals surface area contributed by atoms with Crippen LogP contribution in [0.25, 0.3) is 0 Å². The van der Waals surface area contributed by atoms with Gasteiger partial charge in [-0.2, -0.15) is 5.10 Å². The molecule has 112 valence electrons. The first-order chi connectivity index (χ1) is 9.88. The Morgan fingerprint density at radius 2 is 2.00 bits per heavy atom. The van der Waals surface area contributed by atoms with E-state index in [1.54, 1.807) is 24.3 Å². The maximum absolute atomic E-state index is 11.1. The number of rotatable bonds is 5. The molecule has 0 amide bonds. The quantitative estimate of drug-likeness (QED) is 0.732. The van der Waals surface area contributed by atoms with Gasteiger partial charge in [0.2, 0.25) is 0 Å². The Morgan fingerprint density at radius 3 is 2.52 bits per heavy atom. The van der Waals surface area contributed by atoms with Crippen LogP contribution in [0.3, 0.4) is 0 Å². The Hall–Kier alpha value is -1.93. The molecule has 2 rings (SSSR count). The van der Waals surface area contributed by atoms with Gasteiger partial charge < -0.3 is 15.9 Å². The number of carboxylic acids is 2.